The van der Waals surface area contributed by atoms with E-state index < -0.39 is 0 Å². The zero-order valence-corrected chi connectivity index (χ0v) is 30.6. The van der Waals surface area contributed by atoms with Crippen molar-refractivity contribution in [3.05, 3.63) is 182 Å². The van der Waals surface area contributed by atoms with E-state index in [0.717, 1.165) is 12.8 Å². The zero-order chi connectivity index (χ0) is 36.5. The van der Waals surface area contributed by atoms with E-state index in [2.05, 4.69) is 170 Å². The van der Waals surface area contributed by atoms with Gasteiger partial charge in [0, 0.05) is 17.8 Å². The summed E-state index contributed by atoms with van der Waals surface area (Å²) in [6.45, 7) is 0. The SMILES string of the molecule is C1=CCCC(c2c3c(c(-c4ccccc4)c4ccncc24)-c2cccc4c(-c5cc6c7cccc8c7c(cc6c6ccccc56)-c5ccccc5-8)ccc-3c24)=C1. The number of nitrogens with zero attached hydrogens (tertiary/aromatic N) is 1. The predicted octanol–water partition coefficient (Wildman–Crippen LogP) is 15.2. The molecule has 1 heteroatoms. The molecular formula is C55H33N. The first-order valence-electron chi connectivity index (χ1n) is 19.8. The normalized spacial score (nSPS) is 13.6. The fourth-order valence-electron chi connectivity index (χ4n) is 10.6. The van der Waals surface area contributed by atoms with E-state index in [1.54, 1.807) is 0 Å². The van der Waals surface area contributed by atoms with Crippen LogP contribution in [0.1, 0.15) is 18.4 Å². The molecule has 56 heavy (non-hydrogen) atoms. The molecule has 0 bridgehead atoms. The van der Waals surface area contributed by atoms with E-state index in [4.69, 9.17) is 4.98 Å². The minimum atomic E-state index is 1.01. The second-order valence-electron chi connectivity index (χ2n) is 15.6. The van der Waals surface area contributed by atoms with Gasteiger partial charge in [-0.25, -0.2) is 0 Å². The highest BCUT2D eigenvalue weighted by molar-refractivity contribution is 6.31. The molecule has 1 nitrogen and oxygen atoms in total. The lowest BCUT2D eigenvalue weighted by atomic mass is 9.81. The molecule has 0 unspecified atom stereocenters. The Kier molecular flexibility index (Phi) is 6.07. The summed E-state index contributed by atoms with van der Waals surface area (Å²) in [6.07, 6.45) is 13.0. The third kappa shape index (κ3) is 3.92. The maximum atomic E-state index is 4.74. The molecule has 10 aromatic rings. The van der Waals surface area contributed by atoms with Crippen molar-refractivity contribution in [1.82, 2.24) is 4.98 Å². The molecular weight excluding hydrogens is 675 g/mol. The molecule has 0 N–H and O–H groups in total. The van der Waals surface area contributed by atoms with Crippen molar-refractivity contribution >= 4 is 59.4 Å². The summed E-state index contributed by atoms with van der Waals surface area (Å²) < 4.78 is 0. The van der Waals surface area contributed by atoms with Gasteiger partial charge in [0.2, 0.25) is 0 Å². The second kappa shape index (κ2) is 11.2. The summed E-state index contributed by atoms with van der Waals surface area (Å²) in [5, 5.41) is 13.0. The Morgan fingerprint density at radius 2 is 1.02 bits per heavy atom. The Labute approximate surface area is 324 Å². The predicted molar refractivity (Wildman–Crippen MR) is 238 cm³/mol. The van der Waals surface area contributed by atoms with Gasteiger partial charge in [-0.1, -0.05) is 146 Å². The van der Waals surface area contributed by atoms with Gasteiger partial charge in [-0.15, -0.1) is 0 Å². The Morgan fingerprint density at radius 3 is 1.88 bits per heavy atom. The first kappa shape index (κ1) is 30.3. The molecule has 1 aromatic heterocycles. The number of aromatic nitrogens is 1. The summed E-state index contributed by atoms with van der Waals surface area (Å²) in [5.74, 6) is 0. The minimum Gasteiger partial charge on any atom is -0.264 e. The van der Waals surface area contributed by atoms with Crippen LogP contribution in [0.15, 0.2) is 176 Å². The van der Waals surface area contributed by atoms with Gasteiger partial charge in [0.1, 0.15) is 0 Å². The van der Waals surface area contributed by atoms with Gasteiger partial charge in [0.25, 0.3) is 0 Å². The molecule has 1 heterocycles. The van der Waals surface area contributed by atoms with Crippen LogP contribution in [0.25, 0.3) is 126 Å². The van der Waals surface area contributed by atoms with E-state index in [1.807, 2.05) is 6.20 Å². The summed E-state index contributed by atoms with van der Waals surface area (Å²) in [6, 6.07) is 54.8. The van der Waals surface area contributed by atoms with Crippen LogP contribution in [0.3, 0.4) is 0 Å². The quantitative estimate of drug-likeness (QED) is 0.167. The average molecular weight is 708 g/mol. The average Bonchev–Trinajstić information content (AvgIpc) is 3.77. The summed E-state index contributed by atoms with van der Waals surface area (Å²) >= 11 is 0. The second-order valence-corrected chi connectivity index (χ2v) is 15.6. The molecule has 13 rings (SSSR count). The smallest absolute Gasteiger partial charge is 0.0352 e. The summed E-state index contributed by atoms with van der Waals surface area (Å²) in [7, 11) is 0. The third-order valence-corrected chi connectivity index (χ3v) is 12.9. The topological polar surface area (TPSA) is 12.9 Å². The lowest BCUT2D eigenvalue weighted by Crippen LogP contribution is -1.98. The molecule has 3 aliphatic rings. The molecule has 0 atom stereocenters. The van der Waals surface area contributed by atoms with Crippen LogP contribution in [0.2, 0.25) is 0 Å². The van der Waals surface area contributed by atoms with Crippen LogP contribution in [0.4, 0.5) is 0 Å². The van der Waals surface area contributed by atoms with Crippen molar-refractivity contribution in [3.8, 4) is 66.8 Å². The standard InChI is InChI=1S/C55H33N/c1-3-13-32(14-4-1)50-42-27-28-56-31-49(42)51(33-15-5-2-6-16-33)55-44-26-25-38(40-22-12-24-43(53(40)44)54(50)55)45-29-47-41-23-11-21-39-34-17-7-10-20-37(34)48(52(39)41)30-46(47)36-19-9-8-18-35(36)45/h1-5,7-15,17-31H,6,16H2. The lowest BCUT2D eigenvalue weighted by molar-refractivity contribution is 1.06. The van der Waals surface area contributed by atoms with Crippen LogP contribution >= 0.6 is 0 Å². The largest absolute Gasteiger partial charge is 0.264 e. The Morgan fingerprint density at radius 1 is 0.375 bits per heavy atom. The molecule has 3 aliphatic carbocycles. The van der Waals surface area contributed by atoms with Crippen LogP contribution in [0, 0.1) is 0 Å². The van der Waals surface area contributed by atoms with Crippen molar-refractivity contribution in [2.75, 3.05) is 0 Å². The number of rotatable bonds is 3. The Hall–Kier alpha value is -7.09. The van der Waals surface area contributed by atoms with Crippen LogP contribution in [-0.4, -0.2) is 4.98 Å². The molecule has 0 aliphatic heterocycles. The molecule has 0 radical (unpaired) electrons. The number of fused-ring (bicyclic) bond motifs is 11. The minimum absolute atomic E-state index is 1.01. The van der Waals surface area contributed by atoms with E-state index in [1.165, 1.54) is 132 Å². The number of benzene rings is 9. The highest BCUT2D eigenvalue weighted by Gasteiger charge is 2.32. The fourth-order valence-corrected chi connectivity index (χ4v) is 10.6. The van der Waals surface area contributed by atoms with Crippen molar-refractivity contribution in [2.45, 2.75) is 12.8 Å². The molecule has 0 spiro atoms. The van der Waals surface area contributed by atoms with E-state index in [0.29, 0.717) is 0 Å². The van der Waals surface area contributed by atoms with Crippen LogP contribution in [-0.2, 0) is 0 Å². The van der Waals surface area contributed by atoms with Crippen molar-refractivity contribution in [1.29, 1.82) is 0 Å². The van der Waals surface area contributed by atoms with Gasteiger partial charge in [0.05, 0.1) is 0 Å². The van der Waals surface area contributed by atoms with Gasteiger partial charge in [-0.3, -0.25) is 4.98 Å². The first-order valence-corrected chi connectivity index (χ1v) is 19.8. The molecule has 0 saturated heterocycles. The number of hydrogen-bond acceptors (Lipinski definition) is 1. The zero-order valence-electron chi connectivity index (χ0n) is 30.6. The number of allylic oxidation sites excluding steroid dienone is 4. The van der Waals surface area contributed by atoms with Crippen LogP contribution < -0.4 is 0 Å². The van der Waals surface area contributed by atoms with Gasteiger partial charge in [0.15, 0.2) is 0 Å². The highest BCUT2D eigenvalue weighted by atomic mass is 14.6. The van der Waals surface area contributed by atoms with Crippen molar-refractivity contribution < 1.29 is 0 Å². The summed E-state index contributed by atoms with van der Waals surface area (Å²) in [5.41, 5.74) is 18.5. The van der Waals surface area contributed by atoms with Gasteiger partial charge < -0.3 is 0 Å². The maximum Gasteiger partial charge on any atom is 0.0352 e. The number of hydrogen-bond donors (Lipinski definition) is 0. The highest BCUT2D eigenvalue weighted by Crippen LogP contribution is 2.58. The summed E-state index contributed by atoms with van der Waals surface area (Å²) in [4.78, 5) is 4.74. The molecule has 258 valence electrons. The van der Waals surface area contributed by atoms with E-state index >= 15 is 0 Å². The van der Waals surface area contributed by atoms with Gasteiger partial charge >= 0.3 is 0 Å². The molecule has 9 aromatic carbocycles. The lowest BCUT2D eigenvalue weighted by Gasteiger charge is -2.22. The van der Waals surface area contributed by atoms with Crippen molar-refractivity contribution in [2.24, 2.45) is 0 Å². The first-order chi connectivity index (χ1) is 27.8. The molecule has 0 fully saturated rings. The van der Waals surface area contributed by atoms with E-state index in [9.17, 15) is 0 Å². The van der Waals surface area contributed by atoms with Gasteiger partial charge in [-0.2, -0.15) is 0 Å². The fraction of sp³-hybridized carbons (Fsp3) is 0.0364. The van der Waals surface area contributed by atoms with Crippen molar-refractivity contribution in [3.63, 3.8) is 0 Å². The molecule has 0 amide bonds. The van der Waals surface area contributed by atoms with Crippen LogP contribution in [0.5, 0.6) is 0 Å². The maximum absolute atomic E-state index is 4.74. The Bertz CT molecular complexity index is 3450. The third-order valence-electron chi connectivity index (χ3n) is 12.9. The Balaban J connectivity index is 1.15. The number of pyridine rings is 1. The molecule has 0 saturated carbocycles. The monoisotopic (exact) mass is 707 g/mol. The van der Waals surface area contributed by atoms with Gasteiger partial charge in [-0.05, 0) is 157 Å². The van der Waals surface area contributed by atoms with E-state index in [-0.39, 0.29) is 0 Å².